The summed E-state index contributed by atoms with van der Waals surface area (Å²) in [7, 11) is 0. The molecule has 0 aliphatic carbocycles. The van der Waals surface area contributed by atoms with Crippen molar-refractivity contribution in [3.8, 4) is 0 Å². The molecule has 0 N–H and O–H groups in total. The zero-order valence-electron chi connectivity index (χ0n) is 12.8. The number of rotatable bonds is 4. The molecule has 0 aliphatic heterocycles. The molecule has 2 heterocycles. The summed E-state index contributed by atoms with van der Waals surface area (Å²) in [6.45, 7) is 6.23. The van der Waals surface area contributed by atoms with Crippen molar-refractivity contribution in [3.05, 3.63) is 43.2 Å². The lowest BCUT2D eigenvalue weighted by Gasteiger charge is -2.05. The van der Waals surface area contributed by atoms with E-state index in [1.54, 1.807) is 13.8 Å². The van der Waals surface area contributed by atoms with Gasteiger partial charge in [-0.1, -0.05) is 0 Å². The van der Waals surface area contributed by atoms with Gasteiger partial charge in [0, 0.05) is 11.1 Å². The van der Waals surface area contributed by atoms with Crippen LogP contribution >= 0.6 is 0 Å². The van der Waals surface area contributed by atoms with Gasteiger partial charge < -0.3 is 9.47 Å². The molecule has 0 saturated carbocycles. The Hall–Kier alpha value is -2.64. The lowest BCUT2D eigenvalue weighted by Crippen LogP contribution is -2.23. The van der Waals surface area contributed by atoms with Crippen molar-refractivity contribution in [2.45, 2.75) is 27.7 Å². The van der Waals surface area contributed by atoms with Crippen molar-refractivity contribution in [1.82, 2.24) is 9.03 Å². The fraction of sp³-hybridized carbons (Fsp3) is 0.429. The monoisotopic (exact) mass is 308 g/mol. The highest BCUT2D eigenvalue weighted by Crippen LogP contribution is 2.13. The van der Waals surface area contributed by atoms with Crippen molar-refractivity contribution < 1.29 is 19.1 Å². The molecule has 8 nitrogen and oxygen atoms in total. The van der Waals surface area contributed by atoms with Crippen LogP contribution in [0.5, 0.6) is 0 Å². The van der Waals surface area contributed by atoms with E-state index >= 15 is 0 Å². The third kappa shape index (κ3) is 2.07. The molecule has 0 unspecified atom stereocenters. The number of hydrogen-bond donors (Lipinski definition) is 0. The molecule has 2 rings (SSSR count). The van der Waals surface area contributed by atoms with Gasteiger partial charge in [-0.15, -0.1) is 0 Å². The summed E-state index contributed by atoms with van der Waals surface area (Å²) < 4.78 is 11.6. The summed E-state index contributed by atoms with van der Waals surface area (Å²) in [5.74, 6) is -1.56. The normalized spacial score (nSPS) is 10.9. The Morgan fingerprint density at radius 2 is 1.18 bits per heavy atom. The van der Waals surface area contributed by atoms with Crippen LogP contribution in [-0.4, -0.2) is 34.2 Å². The largest absolute Gasteiger partial charge is 0.461 e. The van der Waals surface area contributed by atoms with Gasteiger partial charge >= 0.3 is 11.9 Å². The van der Waals surface area contributed by atoms with E-state index in [2.05, 4.69) is 0 Å². The van der Waals surface area contributed by atoms with Crippen molar-refractivity contribution in [2.75, 3.05) is 13.2 Å². The summed E-state index contributed by atoms with van der Waals surface area (Å²) in [6, 6.07) is 0. The molecule has 0 atom stereocenters. The zero-order chi connectivity index (χ0) is 16.6. The highest BCUT2D eigenvalue weighted by Gasteiger charge is 2.30. The van der Waals surface area contributed by atoms with Crippen LogP contribution in [0.25, 0.3) is 0 Å². The Morgan fingerprint density at radius 1 is 0.818 bits per heavy atom. The van der Waals surface area contributed by atoms with Gasteiger partial charge in [-0.2, -0.15) is 4.52 Å². The minimum Gasteiger partial charge on any atom is -0.461 e. The van der Waals surface area contributed by atoms with E-state index in [0.29, 0.717) is 0 Å². The second kappa shape index (κ2) is 5.63. The number of hydrogen-bond acceptors (Lipinski definition) is 6. The van der Waals surface area contributed by atoms with Crippen LogP contribution in [0, 0.1) is 13.8 Å². The third-order valence-electron chi connectivity index (χ3n) is 3.30. The first-order chi connectivity index (χ1) is 10.4. The summed E-state index contributed by atoms with van der Waals surface area (Å²) >= 11 is 0. The predicted octanol–water partition coefficient (Wildman–Crippen LogP) is 0.167. The first-order valence-corrected chi connectivity index (χ1v) is 6.81. The molecule has 2 aromatic rings. The van der Waals surface area contributed by atoms with Gasteiger partial charge in [0.2, 0.25) is 0 Å². The molecule has 22 heavy (non-hydrogen) atoms. The molecule has 0 saturated heterocycles. The fourth-order valence-corrected chi connectivity index (χ4v) is 2.30. The molecule has 0 radical (unpaired) electrons. The quantitative estimate of drug-likeness (QED) is 0.747. The van der Waals surface area contributed by atoms with E-state index in [1.807, 2.05) is 0 Å². The number of fused-ring (bicyclic) bond motifs is 1. The Bertz CT molecular complexity index is 793. The predicted molar refractivity (Wildman–Crippen MR) is 76.0 cm³/mol. The number of carbonyl (C=O) groups excluding carboxylic acids is 2. The maximum Gasteiger partial charge on any atom is 0.357 e. The van der Waals surface area contributed by atoms with Gasteiger partial charge in [-0.25, -0.2) is 14.1 Å². The second-order valence-corrected chi connectivity index (χ2v) is 4.62. The molecule has 2 aromatic heterocycles. The second-order valence-electron chi connectivity index (χ2n) is 4.62. The van der Waals surface area contributed by atoms with E-state index in [1.165, 1.54) is 13.8 Å². The Morgan fingerprint density at radius 3 is 1.50 bits per heavy atom. The average molecular weight is 308 g/mol. The summed E-state index contributed by atoms with van der Waals surface area (Å²) in [4.78, 5) is 48.6. The first kappa shape index (κ1) is 15.7. The fourth-order valence-electron chi connectivity index (χ4n) is 2.30. The van der Waals surface area contributed by atoms with Crippen LogP contribution < -0.4 is 11.1 Å². The zero-order valence-corrected chi connectivity index (χ0v) is 12.8. The first-order valence-electron chi connectivity index (χ1n) is 6.81. The van der Waals surface area contributed by atoms with Gasteiger partial charge in [-0.3, -0.25) is 9.59 Å². The van der Waals surface area contributed by atoms with Crippen LogP contribution in [0.1, 0.15) is 46.0 Å². The summed E-state index contributed by atoms with van der Waals surface area (Å²) in [6.07, 6.45) is 0. The highest BCUT2D eigenvalue weighted by atomic mass is 16.5. The molecule has 0 aromatic carbocycles. The van der Waals surface area contributed by atoms with E-state index in [0.717, 1.165) is 9.03 Å². The molecule has 0 amide bonds. The smallest absolute Gasteiger partial charge is 0.357 e. The van der Waals surface area contributed by atoms with Crippen molar-refractivity contribution in [1.29, 1.82) is 0 Å². The van der Waals surface area contributed by atoms with Gasteiger partial charge in [0.25, 0.3) is 11.1 Å². The summed E-state index contributed by atoms with van der Waals surface area (Å²) in [5, 5.41) is 0. The standard InChI is InChI=1S/C14H16N2O6/c1-5-21-13(19)9-7(3)11(17)16-12(18)8(4)10(15(9)16)14(20)22-6-2/h5-6H2,1-4H3. The number of ether oxygens (including phenoxy) is 2. The van der Waals surface area contributed by atoms with Gasteiger partial charge in [0.05, 0.1) is 13.2 Å². The maximum atomic E-state index is 12.2. The molecule has 0 bridgehead atoms. The van der Waals surface area contributed by atoms with Crippen LogP contribution in [0.2, 0.25) is 0 Å². The van der Waals surface area contributed by atoms with E-state index < -0.39 is 23.1 Å². The average Bonchev–Trinajstić information content (AvgIpc) is 2.85. The minimum absolute atomic E-state index is 0.0427. The van der Waals surface area contributed by atoms with E-state index in [4.69, 9.17) is 9.47 Å². The number of nitrogens with zero attached hydrogens (tertiary/aromatic N) is 2. The van der Waals surface area contributed by atoms with E-state index in [-0.39, 0.29) is 35.7 Å². The Balaban J connectivity index is 2.92. The third-order valence-corrected chi connectivity index (χ3v) is 3.30. The van der Waals surface area contributed by atoms with Gasteiger partial charge in [0.1, 0.15) is 0 Å². The molecule has 118 valence electrons. The lowest BCUT2D eigenvalue weighted by molar-refractivity contribution is 0.0505. The van der Waals surface area contributed by atoms with Gasteiger partial charge in [-0.05, 0) is 27.7 Å². The number of carbonyl (C=O) groups is 2. The summed E-state index contributed by atoms with van der Waals surface area (Å²) in [5.41, 5.74) is -1.51. The lowest BCUT2D eigenvalue weighted by atomic mass is 10.2. The van der Waals surface area contributed by atoms with Crippen molar-refractivity contribution in [3.63, 3.8) is 0 Å². The van der Waals surface area contributed by atoms with Crippen molar-refractivity contribution >= 4 is 11.9 Å². The molecule has 8 heteroatoms. The maximum absolute atomic E-state index is 12.2. The molecule has 0 spiro atoms. The molecule has 0 aliphatic rings. The van der Waals surface area contributed by atoms with Crippen LogP contribution in [0.4, 0.5) is 0 Å². The Labute approximate surface area is 125 Å². The van der Waals surface area contributed by atoms with Crippen LogP contribution in [0.15, 0.2) is 9.59 Å². The topological polar surface area (TPSA) is 95.6 Å². The molecular weight excluding hydrogens is 292 g/mol. The highest BCUT2D eigenvalue weighted by molar-refractivity contribution is 5.93. The van der Waals surface area contributed by atoms with Crippen molar-refractivity contribution in [2.24, 2.45) is 0 Å². The SMILES string of the molecule is CCOC(=O)c1c(C)c(=O)n2c(=O)c(C)c(C(=O)OCC)n12. The molecule has 0 fully saturated rings. The molecular formula is C14H16N2O6. The van der Waals surface area contributed by atoms with Gasteiger partial charge in [0.15, 0.2) is 11.4 Å². The van der Waals surface area contributed by atoms with E-state index in [9.17, 15) is 19.2 Å². The van der Waals surface area contributed by atoms with Crippen LogP contribution in [0.3, 0.4) is 0 Å². The number of esters is 2. The Kier molecular flexibility index (Phi) is 4.03. The minimum atomic E-state index is -0.778. The number of aromatic nitrogens is 2. The van der Waals surface area contributed by atoms with Crippen LogP contribution in [-0.2, 0) is 9.47 Å².